The number of rotatable bonds is 2. The van der Waals surface area contributed by atoms with E-state index in [-0.39, 0.29) is 0 Å². The quantitative estimate of drug-likeness (QED) is 0.578. The van der Waals surface area contributed by atoms with Gasteiger partial charge < -0.3 is 9.84 Å². The second kappa shape index (κ2) is 4.46. The zero-order valence-corrected chi connectivity index (χ0v) is 8.15. The molecule has 0 aliphatic carbocycles. The highest BCUT2D eigenvalue weighted by Gasteiger charge is 2.05. The third-order valence-electron chi connectivity index (χ3n) is 1.71. The van der Waals surface area contributed by atoms with Gasteiger partial charge >= 0.3 is 6.16 Å². The van der Waals surface area contributed by atoms with Crippen molar-refractivity contribution in [3.63, 3.8) is 0 Å². The number of carboxylic acid groups (broad SMARTS) is 1. The van der Waals surface area contributed by atoms with E-state index in [2.05, 4.69) is 4.74 Å². The van der Waals surface area contributed by atoms with Crippen LogP contribution in [-0.4, -0.2) is 11.3 Å². The maximum Gasteiger partial charge on any atom is 0.511 e. The fourth-order valence-electron chi connectivity index (χ4n) is 1.16. The van der Waals surface area contributed by atoms with Crippen LogP contribution >= 0.6 is 0 Å². The second-order valence-electron chi connectivity index (χ2n) is 2.91. The van der Waals surface area contributed by atoms with Crippen molar-refractivity contribution in [1.29, 1.82) is 0 Å². The lowest BCUT2D eigenvalue weighted by Gasteiger charge is -2.04. The molecule has 0 radical (unpaired) electrons. The van der Waals surface area contributed by atoms with Gasteiger partial charge in [-0.25, -0.2) is 4.79 Å². The Balaban J connectivity index is 3.07. The molecular formula is C11H12O3. The van der Waals surface area contributed by atoms with Gasteiger partial charge in [0.25, 0.3) is 0 Å². The van der Waals surface area contributed by atoms with Gasteiger partial charge in [0.15, 0.2) is 0 Å². The summed E-state index contributed by atoms with van der Waals surface area (Å²) in [5.41, 5.74) is 1.84. The van der Waals surface area contributed by atoms with Crippen LogP contribution in [0.3, 0.4) is 0 Å². The summed E-state index contributed by atoms with van der Waals surface area (Å²) >= 11 is 0. The molecule has 1 rings (SSSR count). The third kappa shape index (κ3) is 2.62. The highest BCUT2D eigenvalue weighted by Crippen LogP contribution is 2.21. The molecule has 74 valence electrons. The largest absolute Gasteiger partial charge is 0.511 e. The number of benzene rings is 1. The Morgan fingerprint density at radius 1 is 1.50 bits per heavy atom. The van der Waals surface area contributed by atoms with Crippen LogP contribution in [0.15, 0.2) is 24.3 Å². The van der Waals surface area contributed by atoms with Gasteiger partial charge in [0.05, 0.1) is 0 Å². The molecule has 0 bridgehead atoms. The molecule has 0 saturated heterocycles. The topological polar surface area (TPSA) is 46.5 Å². The van der Waals surface area contributed by atoms with Crippen molar-refractivity contribution in [3.8, 4) is 5.75 Å². The molecular weight excluding hydrogens is 180 g/mol. The highest BCUT2D eigenvalue weighted by atomic mass is 16.7. The average Bonchev–Trinajstić information content (AvgIpc) is 2.09. The molecule has 0 aliphatic rings. The van der Waals surface area contributed by atoms with Crippen LogP contribution < -0.4 is 4.74 Å². The predicted molar refractivity (Wildman–Crippen MR) is 54.5 cm³/mol. The molecule has 3 heteroatoms. The number of aryl methyl sites for hydroxylation is 1. The maximum absolute atomic E-state index is 10.4. The van der Waals surface area contributed by atoms with Crippen LogP contribution in [0.25, 0.3) is 6.08 Å². The standard InChI is InChI=1S/C11H12O3/c1-3-4-9-7-8(2)5-6-10(9)14-11(12)13/h3-7H,1-2H3,(H,12,13). The van der Waals surface area contributed by atoms with E-state index in [0.29, 0.717) is 5.75 Å². The van der Waals surface area contributed by atoms with Gasteiger partial charge in [0, 0.05) is 5.56 Å². The molecule has 1 aromatic carbocycles. The molecule has 0 unspecified atom stereocenters. The number of ether oxygens (including phenoxy) is 1. The maximum atomic E-state index is 10.4. The van der Waals surface area contributed by atoms with Gasteiger partial charge in [0.1, 0.15) is 5.75 Å². The molecule has 0 aliphatic heterocycles. The van der Waals surface area contributed by atoms with Crippen molar-refractivity contribution >= 4 is 12.2 Å². The van der Waals surface area contributed by atoms with E-state index in [0.717, 1.165) is 11.1 Å². The minimum Gasteiger partial charge on any atom is -0.449 e. The average molecular weight is 192 g/mol. The molecule has 0 saturated carbocycles. The minimum atomic E-state index is -1.29. The van der Waals surface area contributed by atoms with Crippen LogP contribution in [0, 0.1) is 6.92 Å². The Bertz CT molecular complexity index is 367. The molecule has 3 nitrogen and oxygen atoms in total. The van der Waals surface area contributed by atoms with Gasteiger partial charge in [-0.05, 0) is 26.0 Å². The lowest BCUT2D eigenvalue weighted by Crippen LogP contribution is -2.04. The van der Waals surface area contributed by atoms with E-state index in [1.165, 1.54) is 0 Å². The van der Waals surface area contributed by atoms with E-state index in [9.17, 15) is 4.79 Å². The molecule has 0 amide bonds. The summed E-state index contributed by atoms with van der Waals surface area (Å²) in [6, 6.07) is 5.34. The fourth-order valence-corrected chi connectivity index (χ4v) is 1.16. The molecule has 0 aromatic heterocycles. The first-order valence-electron chi connectivity index (χ1n) is 4.27. The molecule has 14 heavy (non-hydrogen) atoms. The summed E-state index contributed by atoms with van der Waals surface area (Å²) in [7, 11) is 0. The van der Waals surface area contributed by atoms with Crippen LogP contribution in [0.5, 0.6) is 5.75 Å². The lowest BCUT2D eigenvalue weighted by atomic mass is 10.1. The van der Waals surface area contributed by atoms with Crippen LogP contribution in [0.1, 0.15) is 18.1 Å². The van der Waals surface area contributed by atoms with Crippen LogP contribution in [0.4, 0.5) is 4.79 Å². The summed E-state index contributed by atoms with van der Waals surface area (Å²) in [6.07, 6.45) is 2.36. The van der Waals surface area contributed by atoms with Crippen molar-refractivity contribution in [2.24, 2.45) is 0 Å². The molecule has 1 aromatic rings. The third-order valence-corrected chi connectivity index (χ3v) is 1.71. The number of hydrogen-bond donors (Lipinski definition) is 1. The summed E-state index contributed by atoms with van der Waals surface area (Å²) in [5, 5.41) is 8.48. The first-order valence-corrected chi connectivity index (χ1v) is 4.27. The molecule has 0 heterocycles. The number of hydrogen-bond acceptors (Lipinski definition) is 2. The van der Waals surface area contributed by atoms with Gasteiger partial charge in [-0.2, -0.15) is 0 Å². The Kier molecular flexibility index (Phi) is 3.29. The monoisotopic (exact) mass is 192 g/mol. The fraction of sp³-hybridized carbons (Fsp3) is 0.182. The van der Waals surface area contributed by atoms with Gasteiger partial charge in [-0.15, -0.1) is 0 Å². The van der Waals surface area contributed by atoms with Crippen molar-refractivity contribution in [2.75, 3.05) is 0 Å². The highest BCUT2D eigenvalue weighted by molar-refractivity contribution is 5.66. The van der Waals surface area contributed by atoms with E-state index in [4.69, 9.17) is 5.11 Å². The van der Waals surface area contributed by atoms with Crippen molar-refractivity contribution in [2.45, 2.75) is 13.8 Å². The van der Waals surface area contributed by atoms with Crippen molar-refractivity contribution in [3.05, 3.63) is 35.4 Å². The molecule has 0 fully saturated rings. The Labute approximate surface area is 82.6 Å². The van der Waals surface area contributed by atoms with Crippen molar-refractivity contribution < 1.29 is 14.6 Å². The lowest BCUT2D eigenvalue weighted by molar-refractivity contribution is 0.144. The molecule has 0 spiro atoms. The minimum absolute atomic E-state index is 0.362. The van der Waals surface area contributed by atoms with Gasteiger partial charge in [-0.3, -0.25) is 0 Å². The Morgan fingerprint density at radius 3 is 2.79 bits per heavy atom. The zero-order valence-electron chi connectivity index (χ0n) is 8.15. The van der Waals surface area contributed by atoms with Crippen LogP contribution in [-0.2, 0) is 0 Å². The first kappa shape index (κ1) is 10.3. The SMILES string of the molecule is CC=Cc1cc(C)ccc1OC(=O)O. The summed E-state index contributed by atoms with van der Waals surface area (Å²) in [4.78, 5) is 10.4. The van der Waals surface area contributed by atoms with E-state index >= 15 is 0 Å². The van der Waals surface area contributed by atoms with Crippen molar-refractivity contribution in [1.82, 2.24) is 0 Å². The molecule has 0 atom stereocenters. The Morgan fingerprint density at radius 2 is 2.21 bits per heavy atom. The van der Waals surface area contributed by atoms with Crippen LogP contribution in [0.2, 0.25) is 0 Å². The Hall–Kier alpha value is -1.77. The smallest absolute Gasteiger partial charge is 0.449 e. The van der Waals surface area contributed by atoms with Gasteiger partial charge in [-0.1, -0.05) is 23.8 Å². The van der Waals surface area contributed by atoms with Gasteiger partial charge in [0.2, 0.25) is 0 Å². The first-order chi connectivity index (χ1) is 6.63. The van der Waals surface area contributed by atoms with E-state index in [1.807, 2.05) is 38.1 Å². The summed E-state index contributed by atoms with van der Waals surface area (Å²) in [6.45, 7) is 3.81. The predicted octanol–water partition coefficient (Wildman–Crippen LogP) is 3.08. The number of allylic oxidation sites excluding steroid dienone is 1. The summed E-state index contributed by atoms with van der Waals surface area (Å²) in [5.74, 6) is 0.362. The van der Waals surface area contributed by atoms with E-state index in [1.54, 1.807) is 6.07 Å². The second-order valence-corrected chi connectivity index (χ2v) is 2.91. The number of carbonyl (C=O) groups is 1. The molecule has 1 N–H and O–H groups in total. The summed E-state index contributed by atoms with van der Waals surface area (Å²) < 4.78 is 4.62. The van der Waals surface area contributed by atoms with E-state index < -0.39 is 6.16 Å². The zero-order chi connectivity index (χ0) is 10.6. The normalized spacial score (nSPS) is 10.4.